The predicted molar refractivity (Wildman–Crippen MR) is 50.9 cm³/mol. The van der Waals surface area contributed by atoms with Crippen LogP contribution < -0.4 is 5.32 Å². The lowest BCUT2D eigenvalue weighted by atomic mass is 9.92. The second-order valence-corrected chi connectivity index (χ2v) is 4.70. The summed E-state index contributed by atoms with van der Waals surface area (Å²) in [5, 5.41) is 3.23. The number of hydrogen-bond donors (Lipinski definition) is 1. The molecule has 0 bridgehead atoms. The van der Waals surface area contributed by atoms with Gasteiger partial charge in [-0.25, -0.2) is 0 Å². The van der Waals surface area contributed by atoms with Crippen molar-refractivity contribution in [2.24, 2.45) is 0 Å². The van der Waals surface area contributed by atoms with E-state index in [1.54, 1.807) is 0 Å². The molecular weight excluding hydrogens is 180 g/mol. The number of carbonyl (C=O) groups is 1. The number of amides is 1. The topological polar surface area (TPSA) is 41.6 Å². The maximum Gasteiger partial charge on any atom is 0.254 e. The van der Waals surface area contributed by atoms with Gasteiger partial charge < -0.3 is 15.0 Å². The molecule has 2 spiro atoms. The Morgan fingerprint density at radius 2 is 2.21 bits per heavy atom. The fraction of sp³-hybridized carbons (Fsp3) is 0.900. The van der Waals surface area contributed by atoms with Gasteiger partial charge >= 0.3 is 0 Å². The van der Waals surface area contributed by atoms with Crippen LogP contribution >= 0.6 is 0 Å². The quantitative estimate of drug-likeness (QED) is 0.628. The Morgan fingerprint density at radius 1 is 1.50 bits per heavy atom. The Bertz CT molecular complexity index is 282. The van der Waals surface area contributed by atoms with Gasteiger partial charge in [-0.15, -0.1) is 0 Å². The zero-order valence-electron chi connectivity index (χ0n) is 8.51. The second kappa shape index (κ2) is 2.49. The van der Waals surface area contributed by atoms with Crippen LogP contribution in [0, 0.1) is 0 Å². The maximum atomic E-state index is 11.9. The van der Waals surface area contributed by atoms with Crippen LogP contribution in [-0.4, -0.2) is 48.2 Å². The van der Waals surface area contributed by atoms with Crippen molar-refractivity contribution in [3.8, 4) is 0 Å². The first-order chi connectivity index (χ1) is 6.70. The molecule has 2 heterocycles. The molecule has 2 saturated heterocycles. The van der Waals surface area contributed by atoms with Crippen LogP contribution in [-0.2, 0) is 9.53 Å². The number of ether oxygens (including phenoxy) is 1. The molecule has 0 atom stereocenters. The third kappa shape index (κ3) is 0.982. The fourth-order valence-electron chi connectivity index (χ4n) is 2.47. The van der Waals surface area contributed by atoms with E-state index in [4.69, 9.17) is 4.74 Å². The van der Waals surface area contributed by atoms with E-state index in [0.29, 0.717) is 0 Å². The van der Waals surface area contributed by atoms with Crippen molar-refractivity contribution < 1.29 is 9.53 Å². The Labute approximate surface area is 83.6 Å². The minimum absolute atomic E-state index is 0.0551. The Kier molecular flexibility index (Phi) is 1.55. The number of hydrogen-bond acceptors (Lipinski definition) is 3. The van der Waals surface area contributed by atoms with Gasteiger partial charge in [0.2, 0.25) is 0 Å². The smallest absolute Gasteiger partial charge is 0.254 e. The molecule has 3 aliphatic rings. The van der Waals surface area contributed by atoms with Gasteiger partial charge in [0, 0.05) is 19.6 Å². The van der Waals surface area contributed by atoms with E-state index in [1.165, 1.54) is 0 Å². The van der Waals surface area contributed by atoms with Crippen LogP contribution in [0.3, 0.4) is 0 Å². The standard InChI is InChI=1S/C10H16N2O2/c1-2-12-7-9(5-11-6-9)14-10(3-4-10)8(12)13/h11H,2-7H2,1H3. The lowest BCUT2D eigenvalue weighted by Gasteiger charge is -2.51. The highest BCUT2D eigenvalue weighted by atomic mass is 16.5. The van der Waals surface area contributed by atoms with Gasteiger partial charge in [0.1, 0.15) is 11.2 Å². The minimum atomic E-state index is -0.406. The molecule has 3 rings (SSSR count). The number of nitrogens with zero attached hydrogens (tertiary/aromatic N) is 1. The highest BCUT2D eigenvalue weighted by Crippen LogP contribution is 2.48. The van der Waals surface area contributed by atoms with Crippen molar-refractivity contribution in [1.29, 1.82) is 0 Å². The van der Waals surface area contributed by atoms with Crippen LogP contribution in [0.1, 0.15) is 19.8 Å². The van der Waals surface area contributed by atoms with Crippen molar-refractivity contribution in [1.82, 2.24) is 10.2 Å². The number of morpholine rings is 1. The Hall–Kier alpha value is -0.610. The van der Waals surface area contributed by atoms with Crippen LogP contribution in [0.25, 0.3) is 0 Å². The summed E-state index contributed by atoms with van der Waals surface area (Å²) in [5.74, 6) is 0.220. The first kappa shape index (κ1) is 8.68. The van der Waals surface area contributed by atoms with E-state index >= 15 is 0 Å². The van der Waals surface area contributed by atoms with Crippen LogP contribution in [0.2, 0.25) is 0 Å². The van der Waals surface area contributed by atoms with E-state index < -0.39 is 5.60 Å². The lowest BCUT2D eigenvalue weighted by molar-refractivity contribution is -0.200. The van der Waals surface area contributed by atoms with Crippen LogP contribution in [0.4, 0.5) is 0 Å². The molecule has 14 heavy (non-hydrogen) atoms. The van der Waals surface area contributed by atoms with Crippen molar-refractivity contribution in [2.75, 3.05) is 26.2 Å². The lowest BCUT2D eigenvalue weighted by Crippen LogP contribution is -2.72. The third-order valence-electron chi connectivity index (χ3n) is 3.55. The second-order valence-electron chi connectivity index (χ2n) is 4.70. The molecule has 0 unspecified atom stereocenters. The monoisotopic (exact) mass is 196 g/mol. The normalized spacial score (nSPS) is 32.1. The molecule has 0 aromatic heterocycles. The summed E-state index contributed by atoms with van der Waals surface area (Å²) >= 11 is 0. The molecule has 1 aliphatic carbocycles. The first-order valence-electron chi connectivity index (χ1n) is 5.40. The van der Waals surface area contributed by atoms with Gasteiger partial charge in [0.25, 0.3) is 5.91 Å². The number of carbonyl (C=O) groups excluding carboxylic acids is 1. The summed E-state index contributed by atoms with van der Waals surface area (Å²) < 4.78 is 6.00. The molecule has 1 saturated carbocycles. The molecule has 1 N–H and O–H groups in total. The highest BCUT2D eigenvalue weighted by Gasteiger charge is 2.62. The third-order valence-corrected chi connectivity index (χ3v) is 3.55. The fourth-order valence-corrected chi connectivity index (χ4v) is 2.47. The number of rotatable bonds is 1. The largest absolute Gasteiger partial charge is 0.354 e. The van der Waals surface area contributed by atoms with Crippen molar-refractivity contribution in [3.05, 3.63) is 0 Å². The van der Waals surface area contributed by atoms with Gasteiger partial charge in [-0.1, -0.05) is 0 Å². The summed E-state index contributed by atoms with van der Waals surface area (Å²) in [6.45, 7) is 5.43. The molecule has 2 aliphatic heterocycles. The molecule has 4 heteroatoms. The van der Waals surface area contributed by atoms with Crippen molar-refractivity contribution >= 4 is 5.91 Å². The zero-order valence-corrected chi connectivity index (χ0v) is 8.51. The SMILES string of the molecule is CCN1CC2(CNC2)OC2(CC2)C1=O. The average molecular weight is 196 g/mol. The van der Waals surface area contributed by atoms with Crippen molar-refractivity contribution in [2.45, 2.75) is 31.0 Å². The Morgan fingerprint density at radius 3 is 2.64 bits per heavy atom. The zero-order chi connectivity index (χ0) is 9.81. The van der Waals surface area contributed by atoms with E-state index in [2.05, 4.69) is 5.32 Å². The van der Waals surface area contributed by atoms with E-state index in [9.17, 15) is 4.79 Å². The summed E-state index contributed by atoms with van der Waals surface area (Å²) in [4.78, 5) is 13.9. The van der Waals surface area contributed by atoms with Gasteiger partial charge in [-0.3, -0.25) is 4.79 Å². The number of likely N-dealkylation sites (N-methyl/N-ethyl adjacent to an activating group) is 1. The Balaban J connectivity index is 1.86. The average Bonchev–Trinajstić information content (AvgIpc) is 2.88. The van der Waals surface area contributed by atoms with Gasteiger partial charge in [-0.05, 0) is 19.8 Å². The molecule has 3 fully saturated rings. The van der Waals surface area contributed by atoms with E-state index in [-0.39, 0.29) is 11.5 Å². The van der Waals surface area contributed by atoms with E-state index in [1.807, 2.05) is 11.8 Å². The summed E-state index contributed by atoms with van der Waals surface area (Å²) in [7, 11) is 0. The molecule has 0 radical (unpaired) electrons. The van der Waals surface area contributed by atoms with Gasteiger partial charge in [0.15, 0.2) is 0 Å². The number of nitrogens with one attached hydrogen (secondary N) is 1. The van der Waals surface area contributed by atoms with Crippen LogP contribution in [0.5, 0.6) is 0 Å². The van der Waals surface area contributed by atoms with Gasteiger partial charge in [-0.2, -0.15) is 0 Å². The molecule has 1 amide bonds. The molecular formula is C10H16N2O2. The molecule has 0 aromatic rings. The predicted octanol–water partition coefficient (Wildman–Crippen LogP) is -0.260. The van der Waals surface area contributed by atoms with Crippen LogP contribution in [0.15, 0.2) is 0 Å². The molecule has 0 aromatic carbocycles. The molecule has 4 nitrogen and oxygen atoms in total. The van der Waals surface area contributed by atoms with E-state index in [0.717, 1.165) is 39.0 Å². The van der Waals surface area contributed by atoms with Gasteiger partial charge in [0.05, 0.1) is 6.54 Å². The first-order valence-corrected chi connectivity index (χ1v) is 5.40. The highest BCUT2D eigenvalue weighted by molar-refractivity contribution is 5.89. The maximum absolute atomic E-state index is 11.9. The summed E-state index contributed by atoms with van der Waals surface area (Å²) in [5.41, 5.74) is -0.462. The summed E-state index contributed by atoms with van der Waals surface area (Å²) in [6.07, 6.45) is 1.84. The van der Waals surface area contributed by atoms with Crippen molar-refractivity contribution in [3.63, 3.8) is 0 Å². The summed E-state index contributed by atoms with van der Waals surface area (Å²) in [6, 6.07) is 0. The molecule has 78 valence electrons. The minimum Gasteiger partial charge on any atom is -0.354 e.